The molecule has 2 fully saturated rings. The fraction of sp³-hybridized carbons (Fsp3) is 0.688. The highest BCUT2D eigenvalue weighted by Gasteiger charge is 2.34. The lowest BCUT2D eigenvalue weighted by molar-refractivity contribution is -0.137. The Hall–Kier alpha value is -1.34. The predicted molar refractivity (Wildman–Crippen MR) is 81.3 cm³/mol. The number of aromatic nitrogens is 1. The molecule has 2 atom stereocenters. The minimum atomic E-state index is -4.34. The standard InChI is InChI=1S/C16H22F3N3O/c17-16(18,19)12-5-6-20-15(9-12)22-8-2-3-13(22)10-21-7-1-4-14(21)11-23/h5-6,9,13-14,23H,1-4,7-8,10-11H2. The molecule has 1 aromatic heterocycles. The molecule has 0 bridgehead atoms. The van der Waals surface area contributed by atoms with Crippen molar-refractivity contribution < 1.29 is 18.3 Å². The molecule has 4 nitrogen and oxygen atoms in total. The molecule has 0 aliphatic carbocycles. The number of aliphatic hydroxyl groups is 1. The molecule has 3 rings (SSSR count). The van der Waals surface area contributed by atoms with E-state index in [2.05, 4.69) is 9.88 Å². The van der Waals surface area contributed by atoms with Gasteiger partial charge in [0, 0.05) is 31.4 Å². The summed E-state index contributed by atoms with van der Waals surface area (Å²) in [6, 6.07) is 2.51. The Bertz CT molecular complexity index is 538. The Kier molecular flexibility index (Phi) is 4.77. The Morgan fingerprint density at radius 2 is 1.91 bits per heavy atom. The first-order chi connectivity index (χ1) is 11.0. The Labute approximate surface area is 133 Å². The summed E-state index contributed by atoms with van der Waals surface area (Å²) in [5, 5.41) is 9.43. The van der Waals surface area contributed by atoms with Gasteiger partial charge in [-0.2, -0.15) is 13.2 Å². The van der Waals surface area contributed by atoms with Gasteiger partial charge in [0.15, 0.2) is 0 Å². The molecule has 1 N–H and O–H groups in total. The lowest BCUT2D eigenvalue weighted by Crippen LogP contribution is -2.43. The topological polar surface area (TPSA) is 39.6 Å². The monoisotopic (exact) mass is 329 g/mol. The molecule has 0 radical (unpaired) electrons. The van der Waals surface area contributed by atoms with E-state index in [1.807, 2.05) is 4.90 Å². The van der Waals surface area contributed by atoms with Crippen molar-refractivity contribution in [3.05, 3.63) is 23.9 Å². The van der Waals surface area contributed by atoms with Gasteiger partial charge in [-0.05, 0) is 44.4 Å². The highest BCUT2D eigenvalue weighted by molar-refractivity contribution is 5.44. The Morgan fingerprint density at radius 1 is 1.17 bits per heavy atom. The zero-order chi connectivity index (χ0) is 16.4. The first-order valence-electron chi connectivity index (χ1n) is 8.14. The van der Waals surface area contributed by atoms with Gasteiger partial charge in [-0.3, -0.25) is 4.90 Å². The van der Waals surface area contributed by atoms with Crippen molar-refractivity contribution in [2.24, 2.45) is 0 Å². The van der Waals surface area contributed by atoms with E-state index in [1.54, 1.807) is 0 Å². The molecule has 3 heterocycles. The molecule has 2 unspecified atom stereocenters. The van der Waals surface area contributed by atoms with Gasteiger partial charge >= 0.3 is 6.18 Å². The lowest BCUT2D eigenvalue weighted by atomic mass is 10.1. The van der Waals surface area contributed by atoms with E-state index >= 15 is 0 Å². The van der Waals surface area contributed by atoms with Crippen LogP contribution >= 0.6 is 0 Å². The first-order valence-corrected chi connectivity index (χ1v) is 8.14. The van der Waals surface area contributed by atoms with Crippen LogP contribution in [-0.2, 0) is 6.18 Å². The van der Waals surface area contributed by atoms with E-state index < -0.39 is 11.7 Å². The number of rotatable bonds is 4. The second-order valence-electron chi connectivity index (χ2n) is 6.36. The highest BCUT2D eigenvalue weighted by atomic mass is 19.4. The van der Waals surface area contributed by atoms with Gasteiger partial charge in [-0.15, -0.1) is 0 Å². The van der Waals surface area contributed by atoms with Gasteiger partial charge in [0.2, 0.25) is 0 Å². The third kappa shape index (κ3) is 3.61. The van der Waals surface area contributed by atoms with Crippen molar-refractivity contribution in [1.29, 1.82) is 0 Å². The van der Waals surface area contributed by atoms with E-state index in [-0.39, 0.29) is 18.7 Å². The van der Waals surface area contributed by atoms with Crippen LogP contribution in [0.15, 0.2) is 18.3 Å². The van der Waals surface area contributed by atoms with Gasteiger partial charge in [0.1, 0.15) is 5.82 Å². The fourth-order valence-corrected chi connectivity index (χ4v) is 3.69. The van der Waals surface area contributed by atoms with Crippen molar-refractivity contribution in [2.45, 2.75) is 43.9 Å². The average Bonchev–Trinajstić information content (AvgIpc) is 3.16. The molecule has 0 amide bonds. The number of alkyl halides is 3. The molecular weight excluding hydrogens is 307 g/mol. The smallest absolute Gasteiger partial charge is 0.395 e. The van der Waals surface area contributed by atoms with Crippen LogP contribution in [0.4, 0.5) is 19.0 Å². The summed E-state index contributed by atoms with van der Waals surface area (Å²) in [6.45, 7) is 2.61. The maximum atomic E-state index is 12.9. The van der Waals surface area contributed by atoms with Crippen LogP contribution < -0.4 is 4.90 Å². The number of pyridine rings is 1. The fourth-order valence-electron chi connectivity index (χ4n) is 3.69. The van der Waals surface area contributed by atoms with Crippen molar-refractivity contribution in [1.82, 2.24) is 9.88 Å². The summed E-state index contributed by atoms with van der Waals surface area (Å²) in [5.41, 5.74) is -0.650. The molecule has 7 heteroatoms. The van der Waals surface area contributed by atoms with E-state index in [4.69, 9.17) is 0 Å². The Morgan fingerprint density at radius 3 is 2.65 bits per heavy atom. The second kappa shape index (κ2) is 6.65. The summed E-state index contributed by atoms with van der Waals surface area (Å²) in [4.78, 5) is 8.41. The van der Waals surface area contributed by atoms with Crippen molar-refractivity contribution in [3.8, 4) is 0 Å². The molecular formula is C16H22F3N3O. The van der Waals surface area contributed by atoms with Gasteiger partial charge < -0.3 is 10.0 Å². The average molecular weight is 329 g/mol. The van der Waals surface area contributed by atoms with Crippen molar-refractivity contribution >= 4 is 5.82 Å². The summed E-state index contributed by atoms with van der Waals surface area (Å²) in [7, 11) is 0. The van der Waals surface area contributed by atoms with Crippen LogP contribution in [0.5, 0.6) is 0 Å². The molecule has 2 aliphatic heterocycles. The molecule has 0 saturated carbocycles. The van der Waals surface area contributed by atoms with E-state index in [0.717, 1.165) is 57.5 Å². The number of likely N-dealkylation sites (tertiary alicyclic amines) is 1. The lowest BCUT2D eigenvalue weighted by Gasteiger charge is -2.32. The summed E-state index contributed by atoms with van der Waals surface area (Å²) in [6.07, 6.45) is 0.862. The third-order valence-electron chi connectivity index (χ3n) is 4.90. The second-order valence-corrected chi connectivity index (χ2v) is 6.36. The highest BCUT2D eigenvalue weighted by Crippen LogP contribution is 2.33. The molecule has 128 valence electrons. The predicted octanol–water partition coefficient (Wildman–Crippen LogP) is 2.53. The number of hydrogen-bond donors (Lipinski definition) is 1. The van der Waals surface area contributed by atoms with Crippen LogP contribution in [0.2, 0.25) is 0 Å². The molecule has 23 heavy (non-hydrogen) atoms. The maximum absolute atomic E-state index is 12.9. The third-order valence-corrected chi connectivity index (χ3v) is 4.90. The number of nitrogens with zero attached hydrogens (tertiary/aromatic N) is 3. The summed E-state index contributed by atoms with van der Waals surface area (Å²) in [5.74, 6) is 0.405. The van der Waals surface area contributed by atoms with Gasteiger partial charge in [-0.25, -0.2) is 4.98 Å². The van der Waals surface area contributed by atoms with Gasteiger partial charge in [0.25, 0.3) is 0 Å². The molecule has 1 aromatic rings. The minimum absolute atomic E-state index is 0.147. The SMILES string of the molecule is OCC1CCCN1CC1CCCN1c1cc(C(F)(F)F)ccn1. The van der Waals surface area contributed by atoms with Crippen LogP contribution in [0.1, 0.15) is 31.2 Å². The van der Waals surface area contributed by atoms with Gasteiger partial charge in [0.05, 0.1) is 12.2 Å². The molecule has 0 spiro atoms. The quantitative estimate of drug-likeness (QED) is 0.921. The Balaban J connectivity index is 1.74. The van der Waals surface area contributed by atoms with E-state index in [0.29, 0.717) is 5.82 Å². The zero-order valence-electron chi connectivity index (χ0n) is 13.0. The molecule has 2 aliphatic rings. The van der Waals surface area contributed by atoms with Crippen LogP contribution in [0, 0.1) is 0 Å². The number of halogens is 3. The molecule has 0 aromatic carbocycles. The number of hydrogen-bond acceptors (Lipinski definition) is 4. The molecule has 2 saturated heterocycles. The van der Waals surface area contributed by atoms with Crippen LogP contribution in [0.25, 0.3) is 0 Å². The first kappa shape index (κ1) is 16.5. The van der Waals surface area contributed by atoms with Gasteiger partial charge in [-0.1, -0.05) is 0 Å². The number of aliphatic hydroxyl groups excluding tert-OH is 1. The summed E-state index contributed by atoms with van der Waals surface area (Å²) >= 11 is 0. The maximum Gasteiger partial charge on any atom is 0.416 e. The largest absolute Gasteiger partial charge is 0.416 e. The van der Waals surface area contributed by atoms with Crippen molar-refractivity contribution in [2.75, 3.05) is 31.1 Å². The summed E-state index contributed by atoms with van der Waals surface area (Å²) < 4.78 is 38.7. The van der Waals surface area contributed by atoms with Crippen LogP contribution in [-0.4, -0.2) is 53.3 Å². The van der Waals surface area contributed by atoms with E-state index in [1.165, 1.54) is 6.20 Å². The van der Waals surface area contributed by atoms with Crippen LogP contribution in [0.3, 0.4) is 0 Å². The van der Waals surface area contributed by atoms with E-state index in [9.17, 15) is 18.3 Å². The van der Waals surface area contributed by atoms with Crippen molar-refractivity contribution in [3.63, 3.8) is 0 Å². The number of anilines is 1. The zero-order valence-corrected chi connectivity index (χ0v) is 13.0. The normalized spacial score (nSPS) is 26.2. The minimum Gasteiger partial charge on any atom is -0.395 e.